The van der Waals surface area contributed by atoms with Gasteiger partial charge in [-0.15, -0.1) is 0 Å². The van der Waals surface area contributed by atoms with Gasteiger partial charge in [0.1, 0.15) is 0 Å². The zero-order valence-corrected chi connectivity index (χ0v) is 41.8. The molecular weight excluding hydrogens is 935 g/mol. The molecule has 0 fully saturated rings. The van der Waals surface area contributed by atoms with E-state index in [0.29, 0.717) is 0 Å². The molecule has 16 aromatic rings. The Kier molecular flexibility index (Phi) is 9.57. The van der Waals surface area contributed by atoms with Gasteiger partial charge >= 0.3 is 0 Å². The highest BCUT2D eigenvalue weighted by molar-refractivity contribution is 6.16. The highest BCUT2D eigenvalue weighted by Crippen LogP contribution is 2.42. The molecule has 0 aliphatic carbocycles. The lowest BCUT2D eigenvalue weighted by Gasteiger charge is -2.15. The fourth-order valence-electron chi connectivity index (χ4n) is 12.6. The van der Waals surface area contributed by atoms with E-state index in [4.69, 9.17) is 0 Å². The average molecular weight is 982 g/mol. The van der Waals surface area contributed by atoms with Crippen molar-refractivity contribution in [1.82, 2.24) is 18.3 Å². The summed E-state index contributed by atoms with van der Waals surface area (Å²) in [5, 5.41) is 13.8. The van der Waals surface area contributed by atoms with Crippen LogP contribution in [0.3, 0.4) is 0 Å². The van der Waals surface area contributed by atoms with Crippen LogP contribution in [0.5, 0.6) is 0 Å². The lowest BCUT2D eigenvalue weighted by molar-refractivity contribution is 1.14. The minimum Gasteiger partial charge on any atom is -0.355 e. The first kappa shape index (κ1) is 43.1. The molecule has 4 aromatic heterocycles. The number of nitrogens with one attached hydrogen (secondary N) is 1. The summed E-state index contributed by atoms with van der Waals surface area (Å²) < 4.78 is 9.65. The number of rotatable bonds is 8. The normalized spacial score (nSPS) is 11.9. The zero-order valence-electron chi connectivity index (χ0n) is 41.8. The van der Waals surface area contributed by atoms with Crippen molar-refractivity contribution < 1.29 is 0 Å². The Morgan fingerprint density at radius 2 is 0.468 bits per heavy atom. The topological polar surface area (TPSA) is 31.8 Å². The van der Waals surface area contributed by atoms with Gasteiger partial charge < -0.3 is 23.6 Å². The Bertz CT molecular complexity index is 4580. The number of aromatic nitrogens is 4. The molecule has 1 N–H and O–H groups in total. The highest BCUT2D eigenvalue weighted by atomic mass is 15.0. The monoisotopic (exact) mass is 981 g/mol. The quantitative estimate of drug-likeness (QED) is 0.162. The summed E-state index contributed by atoms with van der Waals surface area (Å²) in [4.78, 5) is 0. The molecule has 0 unspecified atom stereocenters. The molecular formula is C72H47N5. The Balaban J connectivity index is 0.765. The second kappa shape index (κ2) is 17.1. The van der Waals surface area contributed by atoms with Gasteiger partial charge in [-0.05, 0) is 120 Å². The summed E-state index contributed by atoms with van der Waals surface area (Å²) in [6.45, 7) is 0. The summed E-state index contributed by atoms with van der Waals surface area (Å²) in [5.41, 5.74) is 20.7. The molecule has 0 amide bonds. The van der Waals surface area contributed by atoms with Crippen LogP contribution in [0.25, 0.3) is 132 Å². The molecule has 0 spiro atoms. The third kappa shape index (κ3) is 6.67. The maximum absolute atomic E-state index is 3.84. The minimum absolute atomic E-state index is 1.02. The van der Waals surface area contributed by atoms with Crippen molar-refractivity contribution in [3.63, 3.8) is 0 Å². The SMILES string of the molecule is c1cc(Nc2cccc(-c3cccc4c5ccccc5n(-c5ccc(-n6c7ccccc7c7ccccc76)cc5)c34)c2)cc(-c2cccc3c4ccccc4n(-c4ccc(-n5c6ccccc6c6ccccc65)cc4)c23)c1. The fourth-order valence-corrected chi connectivity index (χ4v) is 12.6. The van der Waals surface area contributed by atoms with Gasteiger partial charge in [-0.2, -0.15) is 0 Å². The fraction of sp³-hybridized carbons (Fsp3) is 0. The van der Waals surface area contributed by atoms with Crippen LogP contribution in [0.4, 0.5) is 11.4 Å². The first-order valence-electron chi connectivity index (χ1n) is 26.4. The Morgan fingerprint density at radius 3 is 0.805 bits per heavy atom. The number of fused-ring (bicyclic) bond motifs is 12. The van der Waals surface area contributed by atoms with Crippen molar-refractivity contribution >= 4 is 98.6 Å². The molecule has 5 nitrogen and oxygen atoms in total. The van der Waals surface area contributed by atoms with Crippen LogP contribution in [-0.4, -0.2) is 18.3 Å². The Labute approximate surface area is 444 Å². The standard InChI is InChI=1S/C72H47N5/c1-7-31-65-57(21-1)58-22-2-8-32-66(58)74(65)51-37-41-53(42-38-51)76-69-35-11-5-25-61(69)63-29-15-27-55(71(63)76)47-17-13-19-49(45-47)73-50-20-14-18-48(46-50)56-28-16-30-64-62-26-6-12-36-70(62)77(72(56)64)54-43-39-52(40-44-54)75-67-33-9-3-23-59(67)60-24-4-10-34-68(60)75/h1-46,73H. The molecule has 77 heavy (non-hydrogen) atoms. The number of hydrogen-bond acceptors (Lipinski definition) is 1. The predicted octanol–water partition coefficient (Wildman–Crippen LogP) is 19.2. The minimum atomic E-state index is 1.02. The Hall–Kier alpha value is -10.4. The van der Waals surface area contributed by atoms with Gasteiger partial charge in [0.25, 0.3) is 0 Å². The van der Waals surface area contributed by atoms with Crippen LogP contribution in [0.2, 0.25) is 0 Å². The van der Waals surface area contributed by atoms with Gasteiger partial charge in [0.05, 0.1) is 44.1 Å². The predicted molar refractivity (Wildman–Crippen MR) is 324 cm³/mol. The van der Waals surface area contributed by atoms with Gasteiger partial charge in [-0.3, -0.25) is 0 Å². The molecule has 0 saturated carbocycles. The summed E-state index contributed by atoms with van der Waals surface area (Å²) >= 11 is 0. The summed E-state index contributed by atoms with van der Waals surface area (Å²) in [5.74, 6) is 0. The van der Waals surface area contributed by atoms with Crippen molar-refractivity contribution in [3.05, 3.63) is 279 Å². The molecule has 5 heteroatoms. The molecule has 360 valence electrons. The third-order valence-electron chi connectivity index (χ3n) is 15.9. The first-order valence-corrected chi connectivity index (χ1v) is 26.4. The van der Waals surface area contributed by atoms with E-state index in [9.17, 15) is 0 Å². The van der Waals surface area contributed by atoms with Gasteiger partial charge in [0.15, 0.2) is 0 Å². The molecule has 0 radical (unpaired) electrons. The van der Waals surface area contributed by atoms with Gasteiger partial charge in [-0.1, -0.05) is 170 Å². The van der Waals surface area contributed by atoms with Crippen LogP contribution in [0, 0.1) is 0 Å². The molecule has 4 heterocycles. The number of hydrogen-bond donors (Lipinski definition) is 1. The third-order valence-corrected chi connectivity index (χ3v) is 15.9. The van der Waals surface area contributed by atoms with E-state index < -0.39 is 0 Å². The number of nitrogens with zero attached hydrogens (tertiary/aromatic N) is 4. The molecule has 0 atom stereocenters. The number of anilines is 2. The van der Waals surface area contributed by atoms with Crippen LogP contribution >= 0.6 is 0 Å². The van der Waals surface area contributed by atoms with Crippen molar-refractivity contribution in [3.8, 4) is 45.0 Å². The van der Waals surface area contributed by atoms with Crippen molar-refractivity contribution in [1.29, 1.82) is 0 Å². The molecule has 0 saturated heterocycles. The smallest absolute Gasteiger partial charge is 0.0619 e. The van der Waals surface area contributed by atoms with E-state index in [-0.39, 0.29) is 0 Å². The molecule has 12 aromatic carbocycles. The lowest BCUT2D eigenvalue weighted by Crippen LogP contribution is -1.98. The second-order valence-corrected chi connectivity index (χ2v) is 20.2. The zero-order chi connectivity index (χ0) is 50.6. The van der Waals surface area contributed by atoms with Crippen LogP contribution in [0.15, 0.2) is 279 Å². The van der Waals surface area contributed by atoms with Crippen molar-refractivity contribution in [2.75, 3.05) is 5.32 Å². The molecule has 0 bridgehead atoms. The van der Waals surface area contributed by atoms with Crippen LogP contribution in [-0.2, 0) is 0 Å². The first-order chi connectivity index (χ1) is 38.2. The van der Waals surface area contributed by atoms with E-state index in [1.807, 2.05) is 0 Å². The second-order valence-electron chi connectivity index (χ2n) is 20.2. The molecule has 0 aliphatic rings. The Morgan fingerprint density at radius 1 is 0.208 bits per heavy atom. The lowest BCUT2D eigenvalue weighted by atomic mass is 10.0. The van der Waals surface area contributed by atoms with Crippen LogP contribution < -0.4 is 5.32 Å². The summed E-state index contributed by atoms with van der Waals surface area (Å²) in [6.07, 6.45) is 0. The maximum atomic E-state index is 3.84. The highest BCUT2D eigenvalue weighted by Gasteiger charge is 2.20. The number of benzene rings is 12. The summed E-state index contributed by atoms with van der Waals surface area (Å²) in [6, 6.07) is 102. The van der Waals surface area contributed by atoms with E-state index >= 15 is 0 Å². The molecule has 16 rings (SSSR count). The van der Waals surface area contributed by atoms with E-state index in [2.05, 4.69) is 303 Å². The van der Waals surface area contributed by atoms with E-state index in [1.165, 1.54) is 98.4 Å². The maximum Gasteiger partial charge on any atom is 0.0619 e. The van der Waals surface area contributed by atoms with Crippen LogP contribution in [0.1, 0.15) is 0 Å². The molecule has 0 aliphatic heterocycles. The van der Waals surface area contributed by atoms with E-state index in [0.717, 1.165) is 45.3 Å². The van der Waals surface area contributed by atoms with Gasteiger partial charge in [-0.25, -0.2) is 0 Å². The van der Waals surface area contributed by atoms with Gasteiger partial charge in [0.2, 0.25) is 0 Å². The van der Waals surface area contributed by atoms with Crippen molar-refractivity contribution in [2.45, 2.75) is 0 Å². The van der Waals surface area contributed by atoms with Crippen molar-refractivity contribution in [2.24, 2.45) is 0 Å². The largest absolute Gasteiger partial charge is 0.355 e. The summed E-state index contributed by atoms with van der Waals surface area (Å²) in [7, 11) is 0. The van der Waals surface area contributed by atoms with E-state index in [1.54, 1.807) is 0 Å². The number of para-hydroxylation sites is 8. The average Bonchev–Trinajstić information content (AvgIpc) is 4.41. The van der Waals surface area contributed by atoms with Gasteiger partial charge in [0, 0.05) is 88.3 Å².